The van der Waals surface area contributed by atoms with Crippen LogP contribution in [0.2, 0.25) is 0 Å². The van der Waals surface area contributed by atoms with Crippen molar-refractivity contribution >= 4 is 32.8 Å². The van der Waals surface area contributed by atoms with Crippen LogP contribution in [0.4, 0.5) is 5.69 Å². The topological polar surface area (TPSA) is 67.3 Å². The molecule has 0 aliphatic heterocycles. The van der Waals surface area contributed by atoms with Crippen molar-refractivity contribution in [1.82, 2.24) is 4.98 Å². The second-order valence-corrected chi connectivity index (χ2v) is 8.07. The molecule has 0 radical (unpaired) electrons. The summed E-state index contributed by atoms with van der Waals surface area (Å²) in [4.78, 5) is 18.8. The zero-order valence-electron chi connectivity index (χ0n) is 12.7. The largest absolute Gasteiger partial charge is 0.309 e. The van der Waals surface area contributed by atoms with Crippen molar-refractivity contribution < 1.29 is 13.2 Å². The molecular weight excluding hydrogens is 320 g/mol. The van der Waals surface area contributed by atoms with Crippen LogP contribution in [-0.2, 0) is 16.3 Å². The first-order valence-corrected chi connectivity index (χ1v) is 9.57. The maximum atomic E-state index is 12.5. The number of hydrogen-bond donors (Lipinski definition) is 0. The molecular formula is C15H18N2O3S2. The Labute approximate surface area is 134 Å². The van der Waals surface area contributed by atoms with Gasteiger partial charge in [0.1, 0.15) is 4.88 Å². The van der Waals surface area contributed by atoms with Crippen LogP contribution in [0.15, 0.2) is 35.4 Å². The first-order valence-electron chi connectivity index (χ1n) is 6.86. The fraction of sp³-hybridized carbons (Fsp3) is 0.333. The highest BCUT2D eigenvalue weighted by Gasteiger charge is 2.22. The maximum Gasteiger partial charge on any atom is 0.269 e. The minimum Gasteiger partial charge on any atom is -0.309 e. The van der Waals surface area contributed by atoms with E-state index in [1.165, 1.54) is 22.3 Å². The molecule has 2 rings (SSSR count). The number of carbonyl (C=O) groups excluding carboxylic acids is 1. The molecule has 0 bridgehead atoms. The summed E-state index contributed by atoms with van der Waals surface area (Å²) in [5, 5.41) is 0.913. The van der Waals surface area contributed by atoms with Crippen molar-refractivity contribution in [3.63, 3.8) is 0 Å². The van der Waals surface area contributed by atoms with E-state index in [4.69, 9.17) is 0 Å². The molecule has 0 fully saturated rings. The molecule has 0 spiro atoms. The third kappa shape index (κ3) is 3.53. The lowest BCUT2D eigenvalue weighted by molar-refractivity contribution is 0.0996. The van der Waals surface area contributed by atoms with E-state index in [0.29, 0.717) is 10.6 Å². The third-order valence-corrected chi connectivity index (χ3v) is 5.35. The van der Waals surface area contributed by atoms with E-state index in [-0.39, 0.29) is 10.8 Å². The summed E-state index contributed by atoms with van der Waals surface area (Å²) in [6, 6.07) is 6.49. The minimum atomic E-state index is -3.40. The van der Waals surface area contributed by atoms with Gasteiger partial charge in [0.25, 0.3) is 5.91 Å². The van der Waals surface area contributed by atoms with Crippen LogP contribution in [0, 0.1) is 0 Å². The van der Waals surface area contributed by atoms with Crippen LogP contribution in [0.5, 0.6) is 0 Å². The summed E-state index contributed by atoms with van der Waals surface area (Å²) in [6.45, 7) is 2.05. The molecule has 0 aliphatic rings. The van der Waals surface area contributed by atoms with Gasteiger partial charge in [-0.3, -0.25) is 4.79 Å². The summed E-state index contributed by atoms with van der Waals surface area (Å²) in [5.41, 5.74) is 0.375. The number of sulfone groups is 1. The standard InChI is InChI=1S/C15H18N2O3S2/c1-4-7-14-16-10-12(21-14)15(18)17(2)11-8-5-6-9-13(11)22(3,19)20/h5-6,8-10H,4,7H2,1-3H3. The second kappa shape index (κ2) is 6.58. The van der Waals surface area contributed by atoms with Crippen LogP contribution < -0.4 is 4.90 Å². The van der Waals surface area contributed by atoms with Gasteiger partial charge < -0.3 is 4.90 Å². The average molecular weight is 338 g/mol. The number of carbonyl (C=O) groups is 1. The highest BCUT2D eigenvalue weighted by molar-refractivity contribution is 7.90. The Kier molecular flexibility index (Phi) is 4.97. The smallest absolute Gasteiger partial charge is 0.269 e. The van der Waals surface area contributed by atoms with Crippen molar-refractivity contribution in [3.8, 4) is 0 Å². The van der Waals surface area contributed by atoms with Gasteiger partial charge in [-0.25, -0.2) is 13.4 Å². The van der Waals surface area contributed by atoms with Gasteiger partial charge in [-0.1, -0.05) is 19.1 Å². The average Bonchev–Trinajstić information content (AvgIpc) is 2.94. The Morgan fingerprint density at radius 3 is 2.64 bits per heavy atom. The Hall–Kier alpha value is -1.73. The van der Waals surface area contributed by atoms with Gasteiger partial charge in [0.2, 0.25) is 0 Å². The van der Waals surface area contributed by atoms with Gasteiger partial charge in [-0.2, -0.15) is 0 Å². The predicted molar refractivity (Wildman–Crippen MR) is 88.4 cm³/mol. The molecule has 0 saturated carbocycles. The van der Waals surface area contributed by atoms with Gasteiger partial charge in [0, 0.05) is 13.3 Å². The Morgan fingerprint density at radius 2 is 2.00 bits per heavy atom. The monoisotopic (exact) mass is 338 g/mol. The first-order chi connectivity index (χ1) is 10.3. The molecule has 0 saturated heterocycles. The molecule has 0 atom stereocenters. The number of benzene rings is 1. The number of nitrogens with zero attached hydrogens (tertiary/aromatic N) is 2. The maximum absolute atomic E-state index is 12.5. The lowest BCUT2D eigenvalue weighted by Crippen LogP contribution is -2.27. The van der Waals surface area contributed by atoms with Crippen molar-refractivity contribution in [2.45, 2.75) is 24.7 Å². The number of aryl methyl sites for hydroxylation is 1. The van der Waals surface area contributed by atoms with E-state index in [9.17, 15) is 13.2 Å². The van der Waals surface area contributed by atoms with Gasteiger partial charge in [-0.15, -0.1) is 11.3 Å². The van der Waals surface area contributed by atoms with Crippen LogP contribution >= 0.6 is 11.3 Å². The fourth-order valence-electron chi connectivity index (χ4n) is 2.06. The van der Waals surface area contributed by atoms with Crippen LogP contribution in [-0.4, -0.2) is 32.6 Å². The first kappa shape index (κ1) is 16.6. The lowest BCUT2D eigenvalue weighted by Gasteiger charge is -2.19. The molecule has 1 aromatic heterocycles. The molecule has 22 heavy (non-hydrogen) atoms. The van der Waals surface area contributed by atoms with Crippen molar-refractivity contribution in [2.24, 2.45) is 0 Å². The summed E-state index contributed by atoms with van der Waals surface area (Å²) >= 11 is 1.35. The van der Waals surface area contributed by atoms with Gasteiger partial charge in [0.15, 0.2) is 9.84 Å². The summed E-state index contributed by atoms with van der Waals surface area (Å²) in [5.74, 6) is -0.254. The molecule has 1 aromatic carbocycles. The number of amides is 1. The quantitative estimate of drug-likeness (QED) is 0.841. The zero-order chi connectivity index (χ0) is 16.3. The van der Waals surface area contributed by atoms with Crippen molar-refractivity contribution in [3.05, 3.63) is 40.3 Å². The fourth-order valence-corrected chi connectivity index (χ4v) is 3.97. The number of anilines is 1. The van der Waals surface area contributed by atoms with Gasteiger partial charge in [0.05, 0.1) is 21.8 Å². The summed E-state index contributed by atoms with van der Waals surface area (Å²) in [6.07, 6.45) is 4.49. The number of hydrogen-bond acceptors (Lipinski definition) is 5. The van der Waals surface area contributed by atoms with Crippen LogP contribution in [0.1, 0.15) is 28.0 Å². The highest BCUT2D eigenvalue weighted by atomic mass is 32.2. The van der Waals surface area contributed by atoms with Gasteiger partial charge >= 0.3 is 0 Å². The van der Waals surface area contributed by atoms with Crippen molar-refractivity contribution in [1.29, 1.82) is 0 Å². The lowest BCUT2D eigenvalue weighted by atomic mass is 10.3. The Balaban J connectivity index is 2.35. The van der Waals surface area contributed by atoms with E-state index >= 15 is 0 Å². The molecule has 118 valence electrons. The minimum absolute atomic E-state index is 0.143. The molecule has 0 unspecified atom stereocenters. The van der Waals surface area contributed by atoms with Crippen LogP contribution in [0.25, 0.3) is 0 Å². The number of para-hydroxylation sites is 1. The van der Waals surface area contributed by atoms with Crippen LogP contribution in [0.3, 0.4) is 0 Å². The Morgan fingerprint density at radius 1 is 1.32 bits per heavy atom. The van der Waals surface area contributed by atoms with E-state index in [0.717, 1.165) is 24.1 Å². The van der Waals surface area contributed by atoms with E-state index in [1.54, 1.807) is 31.4 Å². The number of aromatic nitrogens is 1. The molecule has 1 heterocycles. The molecule has 1 amide bonds. The number of rotatable bonds is 5. The van der Waals surface area contributed by atoms with E-state index < -0.39 is 9.84 Å². The SMILES string of the molecule is CCCc1ncc(C(=O)N(C)c2ccccc2S(C)(=O)=O)s1. The molecule has 7 heteroatoms. The van der Waals surface area contributed by atoms with E-state index in [2.05, 4.69) is 11.9 Å². The van der Waals surface area contributed by atoms with Crippen molar-refractivity contribution in [2.75, 3.05) is 18.2 Å². The zero-order valence-corrected chi connectivity index (χ0v) is 14.4. The molecule has 5 nitrogen and oxygen atoms in total. The predicted octanol–water partition coefficient (Wildman–Crippen LogP) is 2.78. The highest BCUT2D eigenvalue weighted by Crippen LogP contribution is 2.26. The summed E-state index contributed by atoms with van der Waals surface area (Å²) in [7, 11) is -1.83. The molecule has 0 N–H and O–H groups in total. The molecule has 0 aliphatic carbocycles. The van der Waals surface area contributed by atoms with Gasteiger partial charge in [-0.05, 0) is 25.0 Å². The normalized spacial score (nSPS) is 11.4. The Bertz CT molecular complexity index is 782. The van der Waals surface area contributed by atoms with E-state index in [1.807, 2.05) is 0 Å². The number of thiazole rings is 1. The third-order valence-electron chi connectivity index (χ3n) is 3.16. The second-order valence-electron chi connectivity index (χ2n) is 4.97. The molecule has 2 aromatic rings. The summed E-state index contributed by atoms with van der Waals surface area (Å²) < 4.78 is 23.7.